The monoisotopic (exact) mass is 321 g/mol. The number of nitrogens with zero attached hydrogens (tertiary/aromatic N) is 3. The van der Waals surface area contributed by atoms with Crippen LogP contribution in [0.4, 0.5) is 5.69 Å². The van der Waals surface area contributed by atoms with Gasteiger partial charge in [-0.3, -0.25) is 10.1 Å². The summed E-state index contributed by atoms with van der Waals surface area (Å²) in [4.78, 5) is 10.1. The summed E-state index contributed by atoms with van der Waals surface area (Å²) < 4.78 is 2.12. The molecule has 0 fully saturated rings. The lowest BCUT2D eigenvalue weighted by Gasteiger charge is -1.92. The fourth-order valence-corrected chi connectivity index (χ4v) is 2.26. The van der Waals surface area contributed by atoms with Gasteiger partial charge < -0.3 is 0 Å². The number of halogens is 1. The maximum atomic E-state index is 10.5. The molecule has 0 saturated heterocycles. The minimum absolute atomic E-state index is 0.0455. The van der Waals surface area contributed by atoms with Gasteiger partial charge in [0.25, 0.3) is 5.69 Å². The van der Waals surface area contributed by atoms with Crippen LogP contribution in [0.2, 0.25) is 0 Å². The normalized spacial score (nSPS) is 10.7. The second kappa shape index (κ2) is 3.39. The van der Waals surface area contributed by atoms with E-state index in [-0.39, 0.29) is 5.69 Å². The van der Waals surface area contributed by atoms with E-state index in [4.69, 9.17) is 0 Å². The molecule has 0 amide bonds. The van der Waals surface area contributed by atoms with Gasteiger partial charge in [0.15, 0.2) is 0 Å². The van der Waals surface area contributed by atoms with Gasteiger partial charge in [-0.2, -0.15) is 5.10 Å². The Balaban J connectivity index is 2.77. The predicted octanol–water partition coefficient (Wildman–Crippen LogP) is 2.24. The van der Waals surface area contributed by atoms with Crippen molar-refractivity contribution >= 4 is 52.0 Å². The van der Waals surface area contributed by atoms with Crippen molar-refractivity contribution in [3.8, 4) is 0 Å². The third kappa shape index (κ3) is 1.46. The van der Waals surface area contributed by atoms with Crippen molar-refractivity contribution in [2.75, 3.05) is 0 Å². The van der Waals surface area contributed by atoms with Gasteiger partial charge >= 0.3 is 0 Å². The number of fused-ring (bicyclic) bond motifs is 1. The molecule has 1 aromatic carbocycles. The van der Waals surface area contributed by atoms with E-state index in [1.165, 1.54) is 16.2 Å². The van der Waals surface area contributed by atoms with Crippen LogP contribution in [-0.2, 0) is 0 Å². The Kier molecular flexibility index (Phi) is 2.35. The van der Waals surface area contributed by atoms with Crippen LogP contribution in [0, 0.1) is 13.8 Å². The molecule has 0 radical (unpaired) electrons. The molecule has 0 aliphatic heterocycles. The van der Waals surface area contributed by atoms with Crippen LogP contribution in [0.5, 0.6) is 0 Å². The van der Waals surface area contributed by atoms with Gasteiger partial charge in [0.05, 0.1) is 10.4 Å². The molecule has 14 heavy (non-hydrogen) atoms. The number of rotatable bonds is 1. The average molecular weight is 321 g/mol. The number of nitro benzene ring substituents is 1. The van der Waals surface area contributed by atoms with Crippen LogP contribution in [0.3, 0.4) is 0 Å². The molecule has 0 atom stereocenters. The summed E-state index contributed by atoms with van der Waals surface area (Å²) in [5.41, 5.74) is 0.691. The van der Waals surface area contributed by atoms with Crippen molar-refractivity contribution < 1.29 is 4.92 Å². The zero-order valence-electron chi connectivity index (χ0n) is 6.72. The Hall–Kier alpha value is -0.830. The van der Waals surface area contributed by atoms with E-state index < -0.39 is 4.92 Å². The number of nitro groups is 1. The molecule has 1 heterocycles. The van der Waals surface area contributed by atoms with E-state index in [0.717, 1.165) is 9.09 Å². The van der Waals surface area contributed by atoms with E-state index in [9.17, 15) is 10.1 Å². The van der Waals surface area contributed by atoms with Crippen molar-refractivity contribution in [2.45, 2.75) is 0 Å². The second-order valence-corrected chi connectivity index (χ2v) is 4.04. The fourth-order valence-electron chi connectivity index (χ4n) is 1.16. The topological polar surface area (TPSA) is 61.0 Å². The highest BCUT2D eigenvalue weighted by molar-refractivity contribution is 14.1. The molecular weight excluding hydrogens is 317 g/mol. The molecular formula is C7H4IN3O2S. The second-order valence-electron chi connectivity index (χ2n) is 2.64. The highest BCUT2D eigenvalue weighted by Gasteiger charge is 2.11. The van der Waals surface area contributed by atoms with Gasteiger partial charge in [0.1, 0.15) is 3.70 Å². The number of benzene rings is 1. The number of hydrogen-bond acceptors (Lipinski definition) is 4. The molecule has 0 aliphatic carbocycles. The molecule has 1 aromatic heterocycles. The summed E-state index contributed by atoms with van der Waals surface area (Å²) >= 11 is 6.12. The molecule has 0 spiro atoms. The lowest BCUT2D eigenvalue weighted by Crippen LogP contribution is -1.88. The van der Waals surface area contributed by atoms with Gasteiger partial charge in [-0.15, -0.1) is 0 Å². The average Bonchev–Trinajstić information content (AvgIpc) is 2.42. The first-order valence-corrected chi connectivity index (χ1v) is 5.09. The van der Waals surface area contributed by atoms with Crippen molar-refractivity contribution in [1.82, 2.24) is 9.19 Å². The van der Waals surface area contributed by atoms with Gasteiger partial charge in [0, 0.05) is 17.5 Å². The first kappa shape index (κ1) is 9.71. The number of thiol groups is 1. The van der Waals surface area contributed by atoms with E-state index >= 15 is 0 Å². The first-order chi connectivity index (χ1) is 6.59. The molecule has 72 valence electrons. The Bertz CT molecular complexity index is 525. The van der Waals surface area contributed by atoms with Crippen molar-refractivity contribution in [3.63, 3.8) is 0 Å². The zero-order valence-corrected chi connectivity index (χ0v) is 9.77. The zero-order chi connectivity index (χ0) is 10.3. The molecule has 2 aromatic rings. The lowest BCUT2D eigenvalue weighted by molar-refractivity contribution is -0.384. The van der Waals surface area contributed by atoms with Crippen molar-refractivity contribution in [1.29, 1.82) is 0 Å². The maximum absolute atomic E-state index is 10.5. The van der Waals surface area contributed by atoms with E-state index in [1.54, 1.807) is 6.07 Å². The minimum Gasteiger partial charge on any atom is -0.258 e. The summed E-state index contributed by atoms with van der Waals surface area (Å²) in [6, 6.07) is 4.59. The van der Waals surface area contributed by atoms with Gasteiger partial charge in [0.2, 0.25) is 0 Å². The lowest BCUT2D eigenvalue weighted by atomic mass is 10.2. The van der Waals surface area contributed by atoms with Crippen LogP contribution >= 0.6 is 35.4 Å². The number of hydrogen-bond donors (Lipinski definition) is 1. The SMILES string of the molecule is O=[N+]([O-])c1ccc2c(I)nn(S)c2c1. The fraction of sp³-hybridized carbons (Fsp3) is 0. The van der Waals surface area contributed by atoms with Crippen molar-refractivity contribution in [2.24, 2.45) is 0 Å². The summed E-state index contributed by atoms with van der Waals surface area (Å²) in [5.74, 6) is 0. The number of aromatic nitrogens is 2. The molecule has 0 aliphatic rings. The first-order valence-electron chi connectivity index (χ1n) is 3.61. The molecule has 2 rings (SSSR count). The molecule has 5 nitrogen and oxygen atoms in total. The van der Waals surface area contributed by atoms with Crippen molar-refractivity contribution in [3.05, 3.63) is 32.0 Å². The quantitative estimate of drug-likeness (QED) is 0.379. The van der Waals surface area contributed by atoms with Crippen LogP contribution in [0.25, 0.3) is 10.9 Å². The largest absolute Gasteiger partial charge is 0.271 e. The Labute approximate surface area is 97.9 Å². The molecule has 0 unspecified atom stereocenters. The Morgan fingerprint density at radius 3 is 2.93 bits per heavy atom. The molecule has 0 N–H and O–H groups in total. The van der Waals surface area contributed by atoms with Crippen LogP contribution < -0.4 is 0 Å². The standard InChI is InChI=1S/C7H4IN3O2S/c8-7-5-2-1-4(11(12)13)3-6(5)10(14)9-7/h1-3,14H. The summed E-state index contributed by atoms with van der Waals surface area (Å²) in [6.07, 6.45) is 0. The van der Waals surface area contributed by atoms with Gasteiger partial charge in [-0.05, 0) is 41.5 Å². The number of non-ortho nitro benzene ring substituents is 1. The van der Waals surface area contributed by atoms with E-state index in [1.807, 2.05) is 0 Å². The molecule has 0 bridgehead atoms. The third-order valence-corrected chi connectivity index (χ3v) is 2.91. The van der Waals surface area contributed by atoms with E-state index in [0.29, 0.717) is 5.52 Å². The highest BCUT2D eigenvalue weighted by atomic mass is 127. The van der Waals surface area contributed by atoms with Crippen LogP contribution in [0.15, 0.2) is 18.2 Å². The summed E-state index contributed by atoms with van der Waals surface area (Å²) in [7, 11) is 0. The Morgan fingerprint density at radius 2 is 2.29 bits per heavy atom. The summed E-state index contributed by atoms with van der Waals surface area (Å²) in [6.45, 7) is 0. The van der Waals surface area contributed by atoms with Crippen LogP contribution in [-0.4, -0.2) is 14.1 Å². The molecule has 0 saturated carbocycles. The predicted molar refractivity (Wildman–Crippen MR) is 63.5 cm³/mol. The Morgan fingerprint density at radius 1 is 1.57 bits per heavy atom. The minimum atomic E-state index is -0.437. The molecule has 7 heteroatoms. The third-order valence-electron chi connectivity index (χ3n) is 1.81. The summed E-state index contributed by atoms with van der Waals surface area (Å²) in [5, 5.41) is 15.4. The van der Waals surface area contributed by atoms with Gasteiger partial charge in [-0.25, -0.2) is 4.09 Å². The smallest absolute Gasteiger partial charge is 0.258 e. The van der Waals surface area contributed by atoms with E-state index in [2.05, 4.69) is 40.5 Å². The highest BCUT2D eigenvalue weighted by Crippen LogP contribution is 2.24. The van der Waals surface area contributed by atoms with Gasteiger partial charge in [-0.1, -0.05) is 0 Å². The van der Waals surface area contributed by atoms with Crippen LogP contribution in [0.1, 0.15) is 0 Å². The maximum Gasteiger partial charge on any atom is 0.271 e.